The average molecular weight is 980 g/mol. The van der Waals surface area contributed by atoms with Crippen LogP contribution in [0.5, 0.6) is 0 Å². The number of carboxylic acid groups (broad SMARTS) is 1. The van der Waals surface area contributed by atoms with E-state index in [1.807, 2.05) is 19.9 Å². The fraction of sp³-hybridized carbons (Fsp3) is 0.656. The van der Waals surface area contributed by atoms with Gasteiger partial charge >= 0.3 is 29.4 Å². The summed E-state index contributed by atoms with van der Waals surface area (Å²) in [6.45, 7) is 3.76. The molecule has 3 rings (SSSR count). The molecule has 0 aromatic carbocycles. The minimum atomic E-state index is -5.61. The van der Waals surface area contributed by atoms with Crippen LogP contribution in [0.2, 0.25) is 0 Å². The van der Waals surface area contributed by atoms with Crippen molar-refractivity contribution in [2.45, 2.75) is 96.0 Å². The smallest absolute Gasteiger partial charge is 0.481 e. The number of allylic oxidation sites excluding steroid dienone is 2. The number of amides is 2. The first-order valence-corrected chi connectivity index (χ1v) is 24.2. The van der Waals surface area contributed by atoms with Crippen LogP contribution in [0.1, 0.15) is 66.0 Å². The number of aliphatic carboxylic acids is 1. The Morgan fingerprint density at radius 1 is 1.03 bits per heavy atom. The summed E-state index contributed by atoms with van der Waals surface area (Å²) in [4.78, 5) is 99.6. The summed E-state index contributed by atoms with van der Waals surface area (Å²) >= 11 is 0.796. The number of ether oxygens (including phenoxy) is 1. The minimum absolute atomic E-state index is 0.0141. The number of hydrogen-bond donors (Lipinski definition) is 11. The molecule has 0 saturated carbocycles. The maximum atomic E-state index is 12.7. The van der Waals surface area contributed by atoms with Crippen LogP contribution in [0.25, 0.3) is 11.2 Å². The zero-order valence-corrected chi connectivity index (χ0v) is 37.8. The average Bonchev–Trinajstić information content (AvgIpc) is 3.70. The van der Waals surface area contributed by atoms with E-state index in [2.05, 4.69) is 34.4 Å². The van der Waals surface area contributed by atoms with E-state index in [9.17, 15) is 67.8 Å². The van der Waals surface area contributed by atoms with Crippen molar-refractivity contribution in [3.05, 3.63) is 24.3 Å². The van der Waals surface area contributed by atoms with Gasteiger partial charge in [-0.1, -0.05) is 37.3 Å². The van der Waals surface area contributed by atoms with Crippen molar-refractivity contribution in [2.75, 3.05) is 37.8 Å². The standard InChI is InChI=1S/C32H52N7O20P3S/c1-18(2)6-5-8-32(47,12-21(41)42)13-22(43)63-11-10-34-20(40)7-9-35-29(46)26(45)31(3,4)15-56-62(53,54)59-61(51,52)55-14-19-25(58-60(48,49)50)24(44)30(57-19)39-17-38-23-27(33)36-16-37-28(23)39/h6,16-17,19,24-26,30,44-45,47H,5,7-15H2,1-4H3,(H,34,40)(H,35,46)(H,41,42)(H,51,52)(H,53,54)(H2,33,36,37)(H2,48,49,50). The number of aliphatic hydroxyl groups is 3. The Balaban J connectivity index is 1.45. The number of thioether (sulfide) groups is 1. The third-order valence-corrected chi connectivity index (χ3v) is 12.9. The number of nitrogen functional groups attached to an aromatic ring is 1. The van der Waals surface area contributed by atoms with Crippen molar-refractivity contribution >= 4 is 75.1 Å². The van der Waals surface area contributed by atoms with E-state index >= 15 is 0 Å². The number of anilines is 1. The summed E-state index contributed by atoms with van der Waals surface area (Å²) in [5, 5.41) is 45.7. The van der Waals surface area contributed by atoms with E-state index in [0.29, 0.717) is 6.42 Å². The quantitative estimate of drug-likeness (QED) is 0.0336. The highest BCUT2D eigenvalue weighted by atomic mass is 32.2. The molecule has 0 spiro atoms. The van der Waals surface area contributed by atoms with Crippen molar-refractivity contribution in [1.82, 2.24) is 30.2 Å². The molecule has 12 N–H and O–H groups in total. The lowest BCUT2D eigenvalue weighted by Crippen LogP contribution is -2.46. The number of carbonyl (C=O) groups is 4. The molecule has 8 unspecified atom stereocenters. The molecule has 27 nitrogen and oxygen atoms in total. The molecule has 31 heteroatoms. The lowest BCUT2D eigenvalue weighted by Gasteiger charge is -2.30. The van der Waals surface area contributed by atoms with Gasteiger partial charge in [-0.2, -0.15) is 4.31 Å². The molecule has 2 aromatic rings. The van der Waals surface area contributed by atoms with Crippen molar-refractivity contribution < 1.29 is 95.5 Å². The van der Waals surface area contributed by atoms with Gasteiger partial charge in [-0.25, -0.2) is 28.6 Å². The number of fused-ring (bicyclic) bond motifs is 1. The van der Waals surface area contributed by atoms with Crippen molar-refractivity contribution in [1.29, 1.82) is 0 Å². The molecule has 1 aliphatic rings. The number of carboxylic acids is 1. The molecule has 2 aromatic heterocycles. The Morgan fingerprint density at radius 3 is 2.33 bits per heavy atom. The van der Waals surface area contributed by atoms with Crippen molar-refractivity contribution in [3.63, 3.8) is 0 Å². The zero-order valence-electron chi connectivity index (χ0n) is 34.3. The Labute approximate surface area is 363 Å². The van der Waals surface area contributed by atoms with Gasteiger partial charge in [-0.15, -0.1) is 0 Å². The largest absolute Gasteiger partial charge is 0.481 e. The van der Waals surface area contributed by atoms with Crippen LogP contribution >= 0.6 is 35.2 Å². The number of carbonyl (C=O) groups excluding carboxylic acids is 3. The number of hydrogen-bond acceptors (Lipinski definition) is 20. The summed E-state index contributed by atoms with van der Waals surface area (Å²) in [6.07, 6.45) is -5.95. The third kappa shape index (κ3) is 17.6. The monoisotopic (exact) mass is 979 g/mol. The topological polar surface area (TPSA) is 421 Å². The fourth-order valence-electron chi connectivity index (χ4n) is 5.77. The van der Waals surface area contributed by atoms with Gasteiger partial charge in [0.2, 0.25) is 11.8 Å². The summed E-state index contributed by atoms with van der Waals surface area (Å²) in [6, 6.07) is 0. The second kappa shape index (κ2) is 22.8. The molecule has 8 atom stereocenters. The molecular formula is C32H52N7O20P3S. The highest BCUT2D eigenvalue weighted by Gasteiger charge is 2.50. The number of aliphatic hydroxyl groups excluding tert-OH is 2. The maximum absolute atomic E-state index is 12.7. The molecule has 2 amide bonds. The summed E-state index contributed by atoms with van der Waals surface area (Å²) in [5.41, 5.74) is 3.41. The fourth-order valence-corrected chi connectivity index (χ4v) is 9.40. The van der Waals surface area contributed by atoms with Crippen LogP contribution in [-0.4, -0.2) is 144 Å². The van der Waals surface area contributed by atoms with Crippen LogP contribution < -0.4 is 16.4 Å². The van der Waals surface area contributed by atoms with Gasteiger partial charge in [0, 0.05) is 37.1 Å². The second-order valence-electron chi connectivity index (χ2n) is 15.1. The molecule has 1 saturated heterocycles. The first-order valence-electron chi connectivity index (χ1n) is 18.7. The normalized spacial score (nSPS) is 21.4. The van der Waals surface area contributed by atoms with Gasteiger partial charge in [0.05, 0.1) is 31.6 Å². The first-order chi connectivity index (χ1) is 29.0. The summed E-state index contributed by atoms with van der Waals surface area (Å²) < 4.78 is 62.2. The highest BCUT2D eigenvalue weighted by Crippen LogP contribution is 2.61. The number of rotatable bonds is 26. The maximum Gasteiger partial charge on any atom is 0.481 e. The molecule has 0 radical (unpaired) electrons. The van der Waals surface area contributed by atoms with Gasteiger partial charge in [0.25, 0.3) is 0 Å². The Hall–Kier alpha value is -3.27. The van der Waals surface area contributed by atoms with Crippen LogP contribution in [0, 0.1) is 5.41 Å². The van der Waals surface area contributed by atoms with Crippen molar-refractivity contribution in [2.24, 2.45) is 5.41 Å². The number of imidazole rings is 1. The molecular weight excluding hydrogens is 927 g/mol. The number of phosphoric ester groups is 3. The van der Waals surface area contributed by atoms with E-state index < -0.39 is 114 Å². The number of aromatic nitrogens is 4. The second-order valence-corrected chi connectivity index (χ2v) is 20.5. The lowest BCUT2D eigenvalue weighted by atomic mass is 9.87. The van der Waals surface area contributed by atoms with Gasteiger partial charge in [0.1, 0.15) is 36.3 Å². The minimum Gasteiger partial charge on any atom is -0.481 e. The Kier molecular flexibility index (Phi) is 19.5. The van der Waals surface area contributed by atoms with E-state index in [-0.39, 0.29) is 48.7 Å². The van der Waals surface area contributed by atoms with Gasteiger partial charge in [0.15, 0.2) is 22.8 Å². The Morgan fingerprint density at radius 2 is 1.70 bits per heavy atom. The summed E-state index contributed by atoms with van der Waals surface area (Å²) in [5.74, 6) is -2.80. The zero-order chi connectivity index (χ0) is 47.6. The number of nitrogens with zero attached hydrogens (tertiary/aromatic N) is 4. The molecule has 0 aliphatic carbocycles. The van der Waals surface area contributed by atoms with Crippen LogP contribution in [0.3, 0.4) is 0 Å². The number of phosphoric acid groups is 3. The van der Waals surface area contributed by atoms with Crippen LogP contribution in [-0.2, 0) is 55.5 Å². The summed E-state index contributed by atoms with van der Waals surface area (Å²) in [7, 11) is -16.5. The predicted octanol–water partition coefficient (Wildman–Crippen LogP) is 0.00700. The molecule has 63 heavy (non-hydrogen) atoms. The van der Waals surface area contributed by atoms with Crippen LogP contribution in [0.15, 0.2) is 24.3 Å². The van der Waals surface area contributed by atoms with Gasteiger partial charge in [-0.05, 0) is 26.7 Å². The highest BCUT2D eigenvalue weighted by molar-refractivity contribution is 8.13. The molecule has 3 heterocycles. The van der Waals surface area contributed by atoms with E-state index in [0.717, 1.165) is 34.6 Å². The molecule has 1 aliphatic heterocycles. The number of nitrogens with two attached hydrogens (primary N) is 1. The van der Waals surface area contributed by atoms with Crippen molar-refractivity contribution in [3.8, 4) is 0 Å². The van der Waals surface area contributed by atoms with Gasteiger partial charge < -0.3 is 61.1 Å². The van der Waals surface area contributed by atoms with E-state index in [1.165, 1.54) is 13.8 Å². The molecule has 0 bridgehead atoms. The lowest BCUT2D eigenvalue weighted by molar-refractivity contribution is -0.143. The third-order valence-electron chi connectivity index (χ3n) is 8.88. The molecule has 356 valence electrons. The first kappa shape index (κ1) is 54.1. The molecule has 1 fully saturated rings. The number of nitrogens with one attached hydrogen (secondary N) is 2. The SMILES string of the molecule is CC(C)=CCCC(O)(CC(=O)O)CC(=O)SCCNC(=O)CCNC(=O)C(O)C(C)(C)COP(=O)(O)OP(=O)(O)OCC1OC(n2cnc3c(N)ncnc32)C(O)C1OP(=O)(O)O. The van der Waals surface area contributed by atoms with E-state index in [4.69, 9.17) is 24.6 Å². The van der Waals surface area contributed by atoms with Crippen LogP contribution in [0.4, 0.5) is 5.82 Å². The Bertz CT molecular complexity index is 2120. The van der Waals surface area contributed by atoms with E-state index in [1.54, 1.807) is 0 Å². The predicted molar refractivity (Wildman–Crippen MR) is 218 cm³/mol. The van der Waals surface area contributed by atoms with Gasteiger partial charge in [-0.3, -0.25) is 37.3 Å².